The number of methoxy groups -OCH3 is 1. The molecule has 1 fully saturated rings. The molecule has 0 radical (unpaired) electrons. The predicted octanol–water partition coefficient (Wildman–Crippen LogP) is 2.02. The monoisotopic (exact) mass is 267 g/mol. The minimum absolute atomic E-state index is 0.201. The first-order valence-corrected chi connectivity index (χ1v) is 6.88. The lowest BCUT2D eigenvalue weighted by molar-refractivity contribution is -0.165. The molecule has 4 nitrogen and oxygen atoms in total. The van der Waals surface area contributed by atoms with Crippen molar-refractivity contribution in [2.45, 2.75) is 32.7 Å². The molecule has 0 aromatic carbocycles. The average Bonchev–Trinajstić information content (AvgIpc) is 2.70. The van der Waals surface area contributed by atoms with Crippen LogP contribution in [-0.4, -0.2) is 19.0 Å². The van der Waals surface area contributed by atoms with Crippen molar-refractivity contribution in [1.29, 1.82) is 0 Å². The van der Waals surface area contributed by atoms with Crippen LogP contribution in [0.1, 0.15) is 29.7 Å². The zero-order valence-electron chi connectivity index (χ0n) is 10.6. The third kappa shape index (κ3) is 2.14. The molecule has 1 saturated carbocycles. The van der Waals surface area contributed by atoms with Gasteiger partial charge >= 0.3 is 5.97 Å². The molecule has 0 unspecified atom stereocenters. The summed E-state index contributed by atoms with van der Waals surface area (Å²) in [5.74, 6) is -0.609. The maximum absolute atomic E-state index is 12.1. The summed E-state index contributed by atoms with van der Waals surface area (Å²) in [6.07, 6.45) is 2.09. The van der Waals surface area contributed by atoms with E-state index in [9.17, 15) is 9.59 Å². The predicted molar refractivity (Wildman–Crippen MR) is 69.2 cm³/mol. The van der Waals surface area contributed by atoms with Gasteiger partial charge in [0.1, 0.15) is 5.41 Å². The maximum atomic E-state index is 12.1. The number of ether oxygens (including phenoxy) is 1. The van der Waals surface area contributed by atoms with Crippen molar-refractivity contribution in [2.24, 2.45) is 5.41 Å². The van der Waals surface area contributed by atoms with E-state index in [4.69, 9.17) is 4.74 Å². The fourth-order valence-corrected chi connectivity index (χ4v) is 3.01. The van der Waals surface area contributed by atoms with Gasteiger partial charge in [-0.25, -0.2) is 0 Å². The van der Waals surface area contributed by atoms with Gasteiger partial charge in [0.2, 0.25) is 5.91 Å². The third-order valence-corrected chi connectivity index (χ3v) is 4.62. The second kappa shape index (κ2) is 5.10. The highest BCUT2D eigenvalue weighted by Gasteiger charge is 2.51. The van der Waals surface area contributed by atoms with Crippen molar-refractivity contribution in [1.82, 2.24) is 5.32 Å². The van der Waals surface area contributed by atoms with E-state index in [1.165, 1.54) is 12.7 Å². The molecule has 0 atom stereocenters. The molecule has 0 aliphatic heterocycles. The molecule has 5 heteroatoms. The lowest BCUT2D eigenvalue weighted by Gasteiger charge is -2.36. The Morgan fingerprint density at radius 2 is 2.22 bits per heavy atom. The Balaban J connectivity index is 1.99. The highest BCUT2D eigenvalue weighted by atomic mass is 32.1. The molecule has 0 bridgehead atoms. The van der Waals surface area contributed by atoms with Crippen LogP contribution in [0.15, 0.2) is 11.4 Å². The van der Waals surface area contributed by atoms with Crippen molar-refractivity contribution >= 4 is 23.2 Å². The number of carbonyl (C=O) groups excluding carboxylic acids is 2. The number of amides is 1. The standard InChI is InChI=1S/C13H17NO3S/c1-9-4-7-18-10(9)8-14-11(15)13(5-3-6-13)12(16)17-2/h4,7H,3,5-6,8H2,1-2H3,(H,14,15). The van der Waals surface area contributed by atoms with Crippen LogP contribution in [0.25, 0.3) is 0 Å². The number of thiophene rings is 1. The SMILES string of the molecule is COC(=O)C1(C(=O)NCc2sccc2C)CCC1. The van der Waals surface area contributed by atoms with Crippen molar-refractivity contribution < 1.29 is 14.3 Å². The normalized spacial score (nSPS) is 16.8. The van der Waals surface area contributed by atoms with E-state index < -0.39 is 11.4 Å². The van der Waals surface area contributed by atoms with Gasteiger partial charge in [0.15, 0.2) is 0 Å². The fourth-order valence-electron chi connectivity index (χ4n) is 2.16. The molecular weight excluding hydrogens is 250 g/mol. The Morgan fingerprint density at radius 1 is 1.50 bits per heavy atom. The highest BCUT2D eigenvalue weighted by molar-refractivity contribution is 7.10. The van der Waals surface area contributed by atoms with Crippen LogP contribution >= 0.6 is 11.3 Å². The summed E-state index contributed by atoms with van der Waals surface area (Å²) in [6.45, 7) is 2.50. The fraction of sp³-hybridized carbons (Fsp3) is 0.538. The van der Waals surface area contributed by atoms with Crippen LogP contribution in [-0.2, 0) is 20.9 Å². The van der Waals surface area contributed by atoms with Crippen LogP contribution < -0.4 is 5.32 Å². The lowest BCUT2D eigenvalue weighted by Crippen LogP contribution is -2.51. The van der Waals surface area contributed by atoms with E-state index >= 15 is 0 Å². The summed E-state index contributed by atoms with van der Waals surface area (Å²) in [5, 5.41) is 4.85. The molecule has 1 aromatic heterocycles. The summed E-state index contributed by atoms with van der Waals surface area (Å²) in [4.78, 5) is 25.0. The zero-order valence-corrected chi connectivity index (χ0v) is 11.4. The van der Waals surface area contributed by atoms with Crippen LogP contribution in [0, 0.1) is 12.3 Å². The Hall–Kier alpha value is -1.36. The Bertz CT molecular complexity index is 463. The molecule has 0 spiro atoms. The molecule has 18 heavy (non-hydrogen) atoms. The summed E-state index contributed by atoms with van der Waals surface area (Å²) in [6, 6.07) is 2.02. The van der Waals surface area contributed by atoms with Gasteiger partial charge in [0.25, 0.3) is 0 Å². The van der Waals surface area contributed by atoms with E-state index in [1.807, 2.05) is 18.4 Å². The second-order valence-electron chi connectivity index (χ2n) is 4.64. The van der Waals surface area contributed by atoms with E-state index in [0.29, 0.717) is 19.4 Å². The molecule has 1 heterocycles. The van der Waals surface area contributed by atoms with Crippen molar-refractivity contribution in [3.63, 3.8) is 0 Å². The number of carbonyl (C=O) groups is 2. The Morgan fingerprint density at radius 3 is 2.67 bits per heavy atom. The van der Waals surface area contributed by atoms with Gasteiger partial charge < -0.3 is 10.1 Å². The summed E-state index contributed by atoms with van der Waals surface area (Å²) in [5.41, 5.74) is 0.237. The summed E-state index contributed by atoms with van der Waals surface area (Å²) in [7, 11) is 1.33. The van der Waals surface area contributed by atoms with Gasteiger partial charge in [0.05, 0.1) is 13.7 Å². The Kier molecular flexibility index (Phi) is 3.71. The molecule has 2 rings (SSSR count). The van der Waals surface area contributed by atoms with E-state index in [-0.39, 0.29) is 5.91 Å². The topological polar surface area (TPSA) is 55.4 Å². The number of aryl methyl sites for hydroxylation is 1. The van der Waals surface area contributed by atoms with Crippen molar-refractivity contribution in [3.05, 3.63) is 21.9 Å². The van der Waals surface area contributed by atoms with Crippen molar-refractivity contribution in [2.75, 3.05) is 7.11 Å². The summed E-state index contributed by atoms with van der Waals surface area (Å²) < 4.78 is 4.74. The largest absolute Gasteiger partial charge is 0.468 e. The van der Waals surface area contributed by atoms with Gasteiger partial charge in [-0.3, -0.25) is 9.59 Å². The van der Waals surface area contributed by atoms with Crippen molar-refractivity contribution in [3.8, 4) is 0 Å². The van der Waals surface area contributed by atoms with E-state index in [0.717, 1.165) is 11.3 Å². The molecule has 98 valence electrons. The van der Waals surface area contributed by atoms with Gasteiger partial charge in [-0.2, -0.15) is 0 Å². The molecular formula is C13H17NO3S. The van der Waals surface area contributed by atoms with Gasteiger partial charge in [-0.1, -0.05) is 6.42 Å². The average molecular weight is 267 g/mol. The smallest absolute Gasteiger partial charge is 0.321 e. The van der Waals surface area contributed by atoms with Gasteiger partial charge in [-0.05, 0) is 36.8 Å². The van der Waals surface area contributed by atoms with E-state index in [2.05, 4.69) is 5.32 Å². The first kappa shape index (κ1) is 13.1. The highest BCUT2D eigenvalue weighted by Crippen LogP contribution is 2.42. The quantitative estimate of drug-likeness (QED) is 0.670. The number of nitrogens with one attached hydrogen (secondary N) is 1. The van der Waals surface area contributed by atoms with Crippen LogP contribution in [0.5, 0.6) is 0 Å². The van der Waals surface area contributed by atoms with Crippen LogP contribution in [0.3, 0.4) is 0 Å². The molecule has 1 aliphatic rings. The van der Waals surface area contributed by atoms with Gasteiger partial charge in [0, 0.05) is 4.88 Å². The number of hydrogen-bond acceptors (Lipinski definition) is 4. The first-order valence-electron chi connectivity index (χ1n) is 6.00. The van der Waals surface area contributed by atoms with E-state index in [1.54, 1.807) is 11.3 Å². The van der Waals surface area contributed by atoms with Gasteiger partial charge in [-0.15, -0.1) is 11.3 Å². The molecule has 1 aromatic rings. The first-order chi connectivity index (χ1) is 8.60. The number of hydrogen-bond donors (Lipinski definition) is 1. The van der Waals surface area contributed by atoms with Crippen LogP contribution in [0.2, 0.25) is 0 Å². The molecule has 1 amide bonds. The second-order valence-corrected chi connectivity index (χ2v) is 5.64. The zero-order chi connectivity index (χ0) is 13.2. The Labute approximate surface area is 110 Å². The minimum atomic E-state index is -0.931. The molecule has 0 saturated heterocycles. The lowest BCUT2D eigenvalue weighted by atomic mass is 9.68. The maximum Gasteiger partial charge on any atom is 0.321 e. The van der Waals surface area contributed by atoms with Crippen LogP contribution in [0.4, 0.5) is 0 Å². The molecule has 1 N–H and O–H groups in total. The minimum Gasteiger partial charge on any atom is -0.468 e. The number of esters is 1. The molecule has 1 aliphatic carbocycles. The third-order valence-electron chi connectivity index (χ3n) is 3.60. The number of rotatable bonds is 4. The summed E-state index contributed by atoms with van der Waals surface area (Å²) >= 11 is 1.61.